The Bertz CT molecular complexity index is 710. The Kier molecular flexibility index (Phi) is 4.17. The number of ether oxygens (including phenoxy) is 2. The summed E-state index contributed by atoms with van der Waals surface area (Å²) in [6, 6.07) is 5.49. The third kappa shape index (κ3) is 2.99. The molecule has 126 valence electrons. The van der Waals surface area contributed by atoms with Crippen molar-refractivity contribution in [1.82, 2.24) is 15.0 Å². The van der Waals surface area contributed by atoms with E-state index in [0.717, 1.165) is 23.4 Å². The Morgan fingerprint density at radius 1 is 1.42 bits per heavy atom. The van der Waals surface area contributed by atoms with Crippen LogP contribution in [0.1, 0.15) is 23.4 Å². The van der Waals surface area contributed by atoms with Crippen LogP contribution in [0, 0.1) is 5.92 Å². The van der Waals surface area contributed by atoms with Crippen LogP contribution in [0.15, 0.2) is 28.9 Å². The number of nitrogens with zero attached hydrogens (tertiary/aromatic N) is 3. The number of carbonyl (C=O) groups excluding carboxylic acids is 1. The van der Waals surface area contributed by atoms with Gasteiger partial charge in [-0.15, -0.1) is 0 Å². The van der Waals surface area contributed by atoms with Gasteiger partial charge in [-0.1, -0.05) is 11.2 Å². The SMILES string of the molecule is O=C(C1CCOC1)N1CCc2onc(COc3ccccn3)c2C1. The zero-order valence-electron chi connectivity index (χ0n) is 13.3. The number of hydrogen-bond acceptors (Lipinski definition) is 6. The van der Waals surface area contributed by atoms with Crippen LogP contribution in [-0.2, 0) is 29.1 Å². The number of aromatic nitrogens is 2. The molecule has 0 spiro atoms. The second-order valence-electron chi connectivity index (χ2n) is 6.06. The minimum absolute atomic E-state index is 0.0142. The summed E-state index contributed by atoms with van der Waals surface area (Å²) in [4.78, 5) is 18.6. The molecule has 1 saturated heterocycles. The van der Waals surface area contributed by atoms with E-state index in [1.807, 2.05) is 17.0 Å². The van der Waals surface area contributed by atoms with Crippen LogP contribution in [0.2, 0.25) is 0 Å². The van der Waals surface area contributed by atoms with Crippen molar-refractivity contribution in [1.29, 1.82) is 0 Å². The van der Waals surface area contributed by atoms with E-state index >= 15 is 0 Å². The topological polar surface area (TPSA) is 77.7 Å². The van der Waals surface area contributed by atoms with E-state index in [2.05, 4.69) is 10.1 Å². The molecule has 24 heavy (non-hydrogen) atoms. The molecule has 0 N–H and O–H groups in total. The molecular formula is C17H19N3O4. The number of rotatable bonds is 4. The summed E-state index contributed by atoms with van der Waals surface area (Å²) in [7, 11) is 0. The molecule has 7 heteroatoms. The van der Waals surface area contributed by atoms with Gasteiger partial charge < -0.3 is 18.9 Å². The largest absolute Gasteiger partial charge is 0.471 e. The highest BCUT2D eigenvalue weighted by Crippen LogP contribution is 2.26. The maximum absolute atomic E-state index is 12.6. The van der Waals surface area contributed by atoms with Gasteiger partial charge in [0.2, 0.25) is 11.8 Å². The lowest BCUT2D eigenvalue weighted by atomic mass is 10.0. The van der Waals surface area contributed by atoms with Gasteiger partial charge in [0, 0.05) is 37.4 Å². The zero-order chi connectivity index (χ0) is 16.4. The average Bonchev–Trinajstić information content (AvgIpc) is 3.30. The predicted molar refractivity (Wildman–Crippen MR) is 83.1 cm³/mol. The van der Waals surface area contributed by atoms with Crippen LogP contribution in [0.3, 0.4) is 0 Å². The Labute approximate surface area is 139 Å². The monoisotopic (exact) mass is 329 g/mol. The van der Waals surface area contributed by atoms with Crippen molar-refractivity contribution in [3.05, 3.63) is 41.4 Å². The van der Waals surface area contributed by atoms with Crippen molar-refractivity contribution in [3.63, 3.8) is 0 Å². The number of fused-ring (bicyclic) bond motifs is 1. The molecule has 2 aromatic heterocycles. The van der Waals surface area contributed by atoms with Gasteiger partial charge in [0.25, 0.3) is 0 Å². The molecule has 1 atom stereocenters. The summed E-state index contributed by atoms with van der Waals surface area (Å²) < 4.78 is 16.4. The van der Waals surface area contributed by atoms with Crippen molar-refractivity contribution >= 4 is 5.91 Å². The summed E-state index contributed by atoms with van der Waals surface area (Å²) >= 11 is 0. The smallest absolute Gasteiger partial charge is 0.228 e. The summed E-state index contributed by atoms with van der Waals surface area (Å²) in [6.45, 7) is 2.67. The highest BCUT2D eigenvalue weighted by atomic mass is 16.5. The minimum atomic E-state index is -0.0142. The summed E-state index contributed by atoms with van der Waals surface area (Å²) in [5.41, 5.74) is 1.69. The fraction of sp³-hybridized carbons (Fsp3) is 0.471. The van der Waals surface area contributed by atoms with E-state index in [1.165, 1.54) is 0 Å². The van der Waals surface area contributed by atoms with Crippen LogP contribution < -0.4 is 4.74 Å². The van der Waals surface area contributed by atoms with E-state index in [9.17, 15) is 4.79 Å². The quantitative estimate of drug-likeness (QED) is 0.847. The van der Waals surface area contributed by atoms with Crippen molar-refractivity contribution in [2.24, 2.45) is 5.92 Å². The number of pyridine rings is 1. The third-order valence-electron chi connectivity index (χ3n) is 4.49. The van der Waals surface area contributed by atoms with E-state index in [1.54, 1.807) is 12.3 Å². The molecular weight excluding hydrogens is 310 g/mol. The molecule has 0 radical (unpaired) electrons. The van der Waals surface area contributed by atoms with Crippen LogP contribution in [0.4, 0.5) is 0 Å². The molecule has 1 unspecified atom stereocenters. The molecule has 2 aliphatic rings. The first-order chi connectivity index (χ1) is 11.8. The van der Waals surface area contributed by atoms with Crippen molar-refractivity contribution in [2.45, 2.75) is 26.0 Å². The third-order valence-corrected chi connectivity index (χ3v) is 4.49. The number of carbonyl (C=O) groups is 1. The first-order valence-electron chi connectivity index (χ1n) is 8.18. The molecule has 4 heterocycles. The lowest BCUT2D eigenvalue weighted by Gasteiger charge is -2.28. The fourth-order valence-electron chi connectivity index (χ4n) is 3.13. The van der Waals surface area contributed by atoms with Crippen LogP contribution in [0.5, 0.6) is 5.88 Å². The van der Waals surface area contributed by atoms with Gasteiger partial charge in [0.1, 0.15) is 18.1 Å². The summed E-state index contributed by atoms with van der Waals surface area (Å²) in [5.74, 6) is 1.54. The molecule has 2 aromatic rings. The number of hydrogen-bond donors (Lipinski definition) is 0. The second-order valence-corrected chi connectivity index (χ2v) is 6.06. The highest BCUT2D eigenvalue weighted by molar-refractivity contribution is 5.79. The Balaban J connectivity index is 1.44. The van der Waals surface area contributed by atoms with Gasteiger partial charge >= 0.3 is 0 Å². The molecule has 0 bridgehead atoms. The van der Waals surface area contributed by atoms with E-state index in [-0.39, 0.29) is 18.4 Å². The predicted octanol–water partition coefficient (Wildman–Crippen LogP) is 1.57. The minimum Gasteiger partial charge on any atom is -0.471 e. The molecule has 1 fully saturated rings. The molecule has 4 rings (SSSR count). The van der Waals surface area contributed by atoms with Crippen molar-refractivity contribution in [3.8, 4) is 5.88 Å². The first kappa shape index (κ1) is 15.1. The first-order valence-corrected chi connectivity index (χ1v) is 8.18. The zero-order valence-corrected chi connectivity index (χ0v) is 13.3. The maximum Gasteiger partial charge on any atom is 0.228 e. The summed E-state index contributed by atoms with van der Waals surface area (Å²) in [5, 5.41) is 4.11. The maximum atomic E-state index is 12.6. The fourth-order valence-corrected chi connectivity index (χ4v) is 3.13. The van der Waals surface area contributed by atoms with Crippen LogP contribution in [0.25, 0.3) is 0 Å². The van der Waals surface area contributed by atoms with Crippen LogP contribution >= 0.6 is 0 Å². The van der Waals surface area contributed by atoms with Gasteiger partial charge in [-0.3, -0.25) is 4.79 Å². The Morgan fingerprint density at radius 3 is 3.17 bits per heavy atom. The van der Waals surface area contributed by atoms with Crippen LogP contribution in [-0.4, -0.2) is 40.7 Å². The second kappa shape index (κ2) is 6.60. The van der Waals surface area contributed by atoms with Gasteiger partial charge in [-0.2, -0.15) is 0 Å². The van der Waals surface area contributed by atoms with Crippen molar-refractivity contribution < 1.29 is 18.8 Å². The molecule has 1 amide bonds. The molecule has 0 aromatic carbocycles. The Hall–Kier alpha value is -2.41. The van der Waals surface area contributed by atoms with Gasteiger partial charge in [-0.25, -0.2) is 4.98 Å². The van der Waals surface area contributed by atoms with Gasteiger partial charge in [0.05, 0.1) is 19.1 Å². The standard InChI is InChI=1S/C17H19N3O4/c21-17(12-5-8-22-10-12)20-7-4-15-13(9-20)14(19-24-15)11-23-16-3-1-2-6-18-16/h1-3,6,12H,4-5,7-11H2. The van der Waals surface area contributed by atoms with Gasteiger partial charge in [-0.05, 0) is 12.5 Å². The molecule has 2 aliphatic heterocycles. The molecule has 0 aliphatic carbocycles. The van der Waals surface area contributed by atoms with Gasteiger partial charge in [0.15, 0.2) is 0 Å². The molecule has 0 saturated carbocycles. The average molecular weight is 329 g/mol. The highest BCUT2D eigenvalue weighted by Gasteiger charge is 2.32. The van der Waals surface area contributed by atoms with Crippen molar-refractivity contribution in [2.75, 3.05) is 19.8 Å². The van der Waals surface area contributed by atoms with E-state index < -0.39 is 0 Å². The lowest BCUT2D eigenvalue weighted by molar-refractivity contribution is -0.136. The van der Waals surface area contributed by atoms with E-state index in [4.69, 9.17) is 14.0 Å². The lowest BCUT2D eigenvalue weighted by Crippen LogP contribution is -2.40. The summed E-state index contributed by atoms with van der Waals surface area (Å²) in [6.07, 6.45) is 3.17. The Morgan fingerprint density at radius 2 is 2.38 bits per heavy atom. The van der Waals surface area contributed by atoms with E-state index in [0.29, 0.717) is 38.6 Å². The number of amides is 1. The normalized spacial score (nSPS) is 20.0. The molecule has 7 nitrogen and oxygen atoms in total.